The van der Waals surface area contributed by atoms with Gasteiger partial charge in [-0.15, -0.1) is 0 Å². The molecule has 3 nitrogen and oxygen atoms in total. The van der Waals surface area contributed by atoms with E-state index < -0.39 is 0 Å². The first-order chi connectivity index (χ1) is 7.65. The number of carbonyl (C=O) groups is 2. The molecule has 0 saturated carbocycles. The molecule has 0 fully saturated rings. The molecule has 3 heteroatoms. The van der Waals surface area contributed by atoms with Crippen LogP contribution in [0.5, 0.6) is 0 Å². The average Bonchev–Trinajstić information content (AvgIpc) is 2.27. The van der Waals surface area contributed by atoms with E-state index in [4.69, 9.17) is 4.74 Å². The van der Waals surface area contributed by atoms with Crippen molar-refractivity contribution in [2.75, 3.05) is 13.7 Å². The molecule has 0 atom stereocenters. The average molecular weight is 218 g/mol. The Balaban J connectivity index is 2.99. The summed E-state index contributed by atoms with van der Waals surface area (Å²) in [6.07, 6.45) is 1.59. The Labute approximate surface area is 94.7 Å². The van der Waals surface area contributed by atoms with Crippen LogP contribution in [-0.2, 0) is 14.3 Å². The minimum absolute atomic E-state index is 0.0712. The molecular formula is C13H14O3. The Morgan fingerprint density at radius 1 is 1.25 bits per heavy atom. The van der Waals surface area contributed by atoms with Gasteiger partial charge in [-0.2, -0.15) is 0 Å². The van der Waals surface area contributed by atoms with Crippen LogP contribution in [0.3, 0.4) is 0 Å². The molecule has 0 N–H and O–H groups in total. The van der Waals surface area contributed by atoms with Gasteiger partial charge in [0.2, 0.25) is 0 Å². The molecule has 0 amide bonds. The van der Waals surface area contributed by atoms with Crippen molar-refractivity contribution in [3.63, 3.8) is 0 Å². The minimum Gasteiger partial charge on any atom is -0.377 e. The second-order valence-corrected chi connectivity index (χ2v) is 3.38. The summed E-state index contributed by atoms with van der Waals surface area (Å²) >= 11 is 0. The highest BCUT2D eigenvalue weighted by Crippen LogP contribution is 2.08. The molecule has 0 bridgehead atoms. The van der Waals surface area contributed by atoms with Crippen LogP contribution in [0.4, 0.5) is 0 Å². The summed E-state index contributed by atoms with van der Waals surface area (Å²) < 4.78 is 4.73. The Bertz CT molecular complexity index is 404. The molecule has 0 aliphatic rings. The molecule has 0 aliphatic heterocycles. The van der Waals surface area contributed by atoms with E-state index in [0.29, 0.717) is 0 Å². The number of methoxy groups -OCH3 is 1. The number of Topliss-reactive ketones (excluding diaryl/α,β-unsaturated/α-hetero) is 2. The van der Waals surface area contributed by atoms with Gasteiger partial charge in [0, 0.05) is 7.11 Å². The lowest BCUT2D eigenvalue weighted by molar-refractivity contribution is -0.122. The summed E-state index contributed by atoms with van der Waals surface area (Å²) in [5.41, 5.74) is 1.00. The third kappa shape index (κ3) is 3.44. The van der Waals surface area contributed by atoms with E-state index in [-0.39, 0.29) is 23.7 Å². The van der Waals surface area contributed by atoms with Gasteiger partial charge >= 0.3 is 0 Å². The Hall–Kier alpha value is -1.74. The van der Waals surface area contributed by atoms with Crippen LogP contribution in [0.25, 0.3) is 6.08 Å². The smallest absolute Gasteiger partial charge is 0.192 e. The fraction of sp³-hybridized carbons (Fsp3) is 0.231. The van der Waals surface area contributed by atoms with E-state index in [0.717, 1.165) is 5.56 Å². The van der Waals surface area contributed by atoms with Crippen LogP contribution in [0.2, 0.25) is 0 Å². The normalized spacial score (nSPS) is 11.2. The highest BCUT2D eigenvalue weighted by Gasteiger charge is 2.13. The highest BCUT2D eigenvalue weighted by atomic mass is 16.5. The van der Waals surface area contributed by atoms with Crippen LogP contribution in [-0.4, -0.2) is 25.3 Å². The van der Waals surface area contributed by atoms with Gasteiger partial charge in [0.05, 0.1) is 5.57 Å². The second-order valence-electron chi connectivity index (χ2n) is 3.38. The predicted octanol–water partition coefficient (Wildman–Crippen LogP) is 1.87. The number of ketones is 2. The lowest BCUT2D eigenvalue weighted by Gasteiger charge is -2.02. The fourth-order valence-electron chi connectivity index (χ4n) is 1.30. The van der Waals surface area contributed by atoms with Crippen LogP contribution in [0, 0.1) is 0 Å². The van der Waals surface area contributed by atoms with Crippen molar-refractivity contribution in [1.29, 1.82) is 0 Å². The molecule has 0 radical (unpaired) electrons. The standard InChI is InChI=1S/C13H14O3/c1-10(14)12(13(15)9-16-2)8-11-6-4-3-5-7-11/h3-8H,9H2,1-2H3. The van der Waals surface area contributed by atoms with Gasteiger partial charge in [-0.1, -0.05) is 30.3 Å². The maximum atomic E-state index is 11.6. The Morgan fingerprint density at radius 2 is 1.88 bits per heavy atom. The molecule has 0 spiro atoms. The predicted molar refractivity (Wildman–Crippen MR) is 62.0 cm³/mol. The maximum absolute atomic E-state index is 11.6. The molecule has 84 valence electrons. The first-order valence-corrected chi connectivity index (χ1v) is 4.95. The van der Waals surface area contributed by atoms with Gasteiger partial charge in [0.15, 0.2) is 11.6 Å². The SMILES string of the molecule is COCC(=O)C(=Cc1ccccc1)C(C)=O. The van der Waals surface area contributed by atoms with Crippen LogP contribution in [0.1, 0.15) is 12.5 Å². The van der Waals surface area contributed by atoms with Crippen LogP contribution >= 0.6 is 0 Å². The number of carbonyl (C=O) groups excluding carboxylic acids is 2. The van der Waals surface area contributed by atoms with Gasteiger partial charge in [-0.05, 0) is 18.6 Å². The summed E-state index contributed by atoms with van der Waals surface area (Å²) in [6, 6.07) is 9.25. The number of ether oxygens (including phenoxy) is 1. The lowest BCUT2D eigenvalue weighted by atomic mass is 10.0. The number of rotatable bonds is 5. The van der Waals surface area contributed by atoms with Gasteiger partial charge in [-0.25, -0.2) is 0 Å². The monoisotopic (exact) mass is 218 g/mol. The second kappa shape index (κ2) is 5.98. The molecule has 1 aromatic carbocycles. The van der Waals surface area contributed by atoms with Crippen molar-refractivity contribution < 1.29 is 14.3 Å². The first-order valence-electron chi connectivity index (χ1n) is 4.95. The summed E-state index contributed by atoms with van der Waals surface area (Å²) in [6.45, 7) is 1.31. The van der Waals surface area contributed by atoms with E-state index in [9.17, 15) is 9.59 Å². The van der Waals surface area contributed by atoms with Crippen molar-refractivity contribution in [1.82, 2.24) is 0 Å². The Morgan fingerprint density at radius 3 is 2.38 bits per heavy atom. The molecule has 0 heterocycles. The van der Waals surface area contributed by atoms with Crippen molar-refractivity contribution in [2.45, 2.75) is 6.92 Å². The molecule has 1 rings (SSSR count). The molecule has 0 saturated heterocycles. The summed E-state index contributed by atoms with van der Waals surface area (Å²) in [5.74, 6) is -0.537. The van der Waals surface area contributed by atoms with Crippen molar-refractivity contribution in [3.05, 3.63) is 41.5 Å². The number of hydrogen-bond donors (Lipinski definition) is 0. The number of benzene rings is 1. The molecule has 1 aromatic rings. The summed E-state index contributed by atoms with van der Waals surface area (Å²) in [7, 11) is 1.43. The molecule has 0 aromatic heterocycles. The van der Waals surface area contributed by atoms with Crippen molar-refractivity contribution in [2.24, 2.45) is 0 Å². The molecule has 0 unspecified atom stereocenters. The maximum Gasteiger partial charge on any atom is 0.192 e. The zero-order valence-electron chi connectivity index (χ0n) is 9.40. The van der Waals surface area contributed by atoms with Crippen molar-refractivity contribution >= 4 is 17.6 Å². The topological polar surface area (TPSA) is 43.4 Å². The molecule has 16 heavy (non-hydrogen) atoms. The van der Waals surface area contributed by atoms with E-state index in [1.807, 2.05) is 30.3 Å². The van der Waals surface area contributed by atoms with E-state index in [2.05, 4.69) is 0 Å². The van der Waals surface area contributed by atoms with Gasteiger partial charge in [-0.3, -0.25) is 9.59 Å². The van der Waals surface area contributed by atoms with E-state index in [1.165, 1.54) is 14.0 Å². The van der Waals surface area contributed by atoms with Crippen LogP contribution in [0.15, 0.2) is 35.9 Å². The number of hydrogen-bond acceptors (Lipinski definition) is 3. The lowest BCUT2D eigenvalue weighted by Crippen LogP contribution is -2.15. The van der Waals surface area contributed by atoms with E-state index in [1.54, 1.807) is 6.08 Å². The fourth-order valence-corrected chi connectivity index (χ4v) is 1.30. The van der Waals surface area contributed by atoms with Gasteiger partial charge < -0.3 is 4.74 Å². The summed E-state index contributed by atoms with van der Waals surface area (Å²) in [5, 5.41) is 0. The quantitative estimate of drug-likeness (QED) is 0.430. The van der Waals surface area contributed by atoms with E-state index >= 15 is 0 Å². The third-order valence-corrected chi connectivity index (χ3v) is 2.07. The minimum atomic E-state index is -0.293. The Kier molecular flexibility index (Phi) is 4.61. The highest BCUT2D eigenvalue weighted by molar-refractivity contribution is 6.22. The molecule has 0 aliphatic carbocycles. The van der Waals surface area contributed by atoms with Crippen molar-refractivity contribution in [3.8, 4) is 0 Å². The van der Waals surface area contributed by atoms with Gasteiger partial charge in [0.25, 0.3) is 0 Å². The third-order valence-electron chi connectivity index (χ3n) is 2.07. The summed E-state index contributed by atoms with van der Waals surface area (Å²) in [4.78, 5) is 22.9. The largest absolute Gasteiger partial charge is 0.377 e. The first kappa shape index (κ1) is 12.3. The zero-order chi connectivity index (χ0) is 12.0. The zero-order valence-corrected chi connectivity index (χ0v) is 9.40. The van der Waals surface area contributed by atoms with Crippen LogP contribution < -0.4 is 0 Å². The molecular weight excluding hydrogens is 204 g/mol. The van der Waals surface area contributed by atoms with Gasteiger partial charge in [0.1, 0.15) is 6.61 Å².